The number of ether oxygens (including phenoxy) is 1. The molecule has 6 nitrogen and oxygen atoms in total. The van der Waals surface area contributed by atoms with Crippen LogP contribution in [0.15, 0.2) is 18.2 Å². The van der Waals surface area contributed by atoms with Crippen LogP contribution < -0.4 is 10.6 Å². The first-order valence-corrected chi connectivity index (χ1v) is 7.06. The molecular formula is C16H25ClN2O4. The van der Waals surface area contributed by atoms with Crippen molar-refractivity contribution in [1.82, 2.24) is 5.32 Å². The van der Waals surface area contributed by atoms with Gasteiger partial charge in [-0.1, -0.05) is 0 Å². The topological polar surface area (TPSA) is 87.7 Å². The number of carbonyl (C=O) groups excluding carboxylic acids is 2. The number of halogens is 1. The number of β-amino-alcohol motifs (C(OH)–C–C–N with tert-alkyl or cyclic N) is 1. The van der Waals surface area contributed by atoms with Crippen molar-refractivity contribution in [1.29, 1.82) is 0 Å². The summed E-state index contributed by atoms with van der Waals surface area (Å²) in [6, 6.07) is 4.72. The van der Waals surface area contributed by atoms with E-state index >= 15 is 0 Å². The predicted molar refractivity (Wildman–Crippen MR) is 92.0 cm³/mol. The highest BCUT2D eigenvalue weighted by Crippen LogP contribution is 2.21. The van der Waals surface area contributed by atoms with Gasteiger partial charge in [0.05, 0.1) is 18.8 Å². The second kappa shape index (κ2) is 8.86. The van der Waals surface area contributed by atoms with E-state index in [2.05, 4.69) is 10.6 Å². The van der Waals surface area contributed by atoms with Crippen LogP contribution in [-0.4, -0.2) is 36.2 Å². The van der Waals surface area contributed by atoms with Gasteiger partial charge >= 0.3 is 5.97 Å². The van der Waals surface area contributed by atoms with Crippen LogP contribution in [0.5, 0.6) is 0 Å². The summed E-state index contributed by atoms with van der Waals surface area (Å²) in [7, 11) is 1.28. The number of aliphatic hydroxyl groups excluding tert-OH is 1. The van der Waals surface area contributed by atoms with Gasteiger partial charge in [-0.05, 0) is 44.5 Å². The van der Waals surface area contributed by atoms with Crippen LogP contribution in [0.3, 0.4) is 0 Å². The minimum absolute atomic E-state index is 0. The number of nitrogens with one attached hydrogen (secondary N) is 2. The SMILES string of the molecule is COC(=O)c1cc(NC(C)=O)cc(C(O)CNC(C)(C)C)c1.Cl. The molecule has 0 saturated heterocycles. The lowest BCUT2D eigenvalue weighted by Crippen LogP contribution is -2.38. The molecule has 0 aliphatic heterocycles. The van der Waals surface area contributed by atoms with E-state index in [4.69, 9.17) is 4.74 Å². The molecule has 1 amide bonds. The number of carbonyl (C=O) groups is 2. The Morgan fingerprint density at radius 3 is 2.35 bits per heavy atom. The van der Waals surface area contributed by atoms with E-state index in [0.717, 1.165) is 0 Å². The molecule has 1 aromatic carbocycles. The van der Waals surface area contributed by atoms with Crippen molar-refractivity contribution in [2.45, 2.75) is 39.3 Å². The fourth-order valence-corrected chi connectivity index (χ4v) is 1.88. The molecule has 0 aliphatic carbocycles. The van der Waals surface area contributed by atoms with Crippen LogP contribution in [0.4, 0.5) is 5.69 Å². The standard InChI is InChI=1S/C16H24N2O4.ClH/c1-10(19)18-13-7-11(6-12(8-13)15(21)22-5)14(20)9-17-16(2,3)4;/h6-8,14,17,20H,9H2,1-5H3,(H,18,19);1H. The summed E-state index contributed by atoms with van der Waals surface area (Å²) in [5.74, 6) is -0.778. The second-order valence-electron chi connectivity index (χ2n) is 6.16. The van der Waals surface area contributed by atoms with E-state index in [0.29, 0.717) is 17.8 Å². The van der Waals surface area contributed by atoms with Crippen LogP contribution >= 0.6 is 12.4 Å². The average molecular weight is 345 g/mol. The molecule has 0 aromatic heterocycles. The number of hydrogen-bond acceptors (Lipinski definition) is 5. The molecular weight excluding hydrogens is 320 g/mol. The number of amides is 1. The summed E-state index contributed by atoms with van der Waals surface area (Å²) in [6.07, 6.45) is -0.809. The fraction of sp³-hybridized carbons (Fsp3) is 0.500. The number of aliphatic hydroxyl groups is 1. The largest absolute Gasteiger partial charge is 0.465 e. The molecule has 3 N–H and O–H groups in total. The normalized spacial score (nSPS) is 12.1. The number of methoxy groups -OCH3 is 1. The number of esters is 1. The molecule has 0 radical (unpaired) electrons. The molecule has 0 saturated carbocycles. The quantitative estimate of drug-likeness (QED) is 0.713. The van der Waals surface area contributed by atoms with E-state index in [-0.39, 0.29) is 29.4 Å². The van der Waals surface area contributed by atoms with Crippen LogP contribution in [0.25, 0.3) is 0 Å². The maximum Gasteiger partial charge on any atom is 0.337 e. The number of benzene rings is 1. The van der Waals surface area contributed by atoms with Crippen molar-refractivity contribution >= 4 is 30.0 Å². The van der Waals surface area contributed by atoms with E-state index in [1.807, 2.05) is 20.8 Å². The average Bonchev–Trinajstić information content (AvgIpc) is 2.41. The minimum atomic E-state index is -0.809. The fourth-order valence-electron chi connectivity index (χ4n) is 1.88. The summed E-state index contributed by atoms with van der Waals surface area (Å²) < 4.78 is 4.70. The van der Waals surface area contributed by atoms with Gasteiger partial charge < -0.3 is 20.5 Å². The van der Waals surface area contributed by atoms with Gasteiger partial charge in [0.15, 0.2) is 0 Å². The van der Waals surface area contributed by atoms with Gasteiger partial charge in [0.25, 0.3) is 0 Å². The van der Waals surface area contributed by atoms with Crippen molar-refractivity contribution in [3.05, 3.63) is 29.3 Å². The Morgan fingerprint density at radius 1 is 1.26 bits per heavy atom. The Balaban J connectivity index is 0.00000484. The highest BCUT2D eigenvalue weighted by Gasteiger charge is 2.17. The highest BCUT2D eigenvalue weighted by atomic mass is 35.5. The molecule has 23 heavy (non-hydrogen) atoms. The first-order chi connectivity index (χ1) is 10.1. The Bertz CT molecular complexity index is 556. The molecule has 1 atom stereocenters. The van der Waals surface area contributed by atoms with Gasteiger partial charge in [-0.15, -0.1) is 12.4 Å². The highest BCUT2D eigenvalue weighted by molar-refractivity contribution is 5.94. The number of hydrogen-bond donors (Lipinski definition) is 3. The predicted octanol–water partition coefficient (Wildman–Crippen LogP) is 2.27. The minimum Gasteiger partial charge on any atom is -0.465 e. The zero-order valence-corrected chi connectivity index (χ0v) is 14.9. The number of rotatable bonds is 5. The zero-order valence-electron chi connectivity index (χ0n) is 14.1. The lowest BCUT2D eigenvalue weighted by Gasteiger charge is -2.23. The smallest absolute Gasteiger partial charge is 0.337 e. The van der Waals surface area contributed by atoms with Crippen LogP contribution in [0.1, 0.15) is 49.7 Å². The van der Waals surface area contributed by atoms with Crippen molar-refractivity contribution < 1.29 is 19.4 Å². The first kappa shape index (κ1) is 21.4. The van der Waals surface area contributed by atoms with E-state index in [1.54, 1.807) is 12.1 Å². The third kappa shape index (κ3) is 7.45. The Hall–Kier alpha value is -1.63. The Kier molecular flexibility index (Phi) is 8.23. The van der Waals surface area contributed by atoms with Gasteiger partial charge in [-0.2, -0.15) is 0 Å². The summed E-state index contributed by atoms with van der Waals surface area (Å²) in [4.78, 5) is 22.9. The summed E-state index contributed by atoms with van der Waals surface area (Å²) in [5.41, 5.74) is 1.11. The van der Waals surface area contributed by atoms with Gasteiger partial charge in [-0.25, -0.2) is 4.79 Å². The molecule has 0 heterocycles. The van der Waals surface area contributed by atoms with Crippen molar-refractivity contribution in [2.75, 3.05) is 19.0 Å². The zero-order chi connectivity index (χ0) is 16.9. The summed E-state index contributed by atoms with van der Waals surface area (Å²) in [6.45, 7) is 7.68. The first-order valence-electron chi connectivity index (χ1n) is 7.06. The Morgan fingerprint density at radius 2 is 1.87 bits per heavy atom. The maximum absolute atomic E-state index is 11.7. The third-order valence-corrected chi connectivity index (χ3v) is 2.91. The molecule has 1 rings (SSSR count). The molecule has 1 aromatic rings. The van der Waals surface area contributed by atoms with Crippen LogP contribution in [-0.2, 0) is 9.53 Å². The summed E-state index contributed by atoms with van der Waals surface area (Å²) >= 11 is 0. The lowest BCUT2D eigenvalue weighted by molar-refractivity contribution is -0.114. The molecule has 130 valence electrons. The van der Waals surface area contributed by atoms with Gasteiger partial charge in [0.1, 0.15) is 0 Å². The second-order valence-corrected chi connectivity index (χ2v) is 6.16. The third-order valence-electron chi connectivity index (χ3n) is 2.91. The van der Waals surface area contributed by atoms with Gasteiger partial charge in [0, 0.05) is 24.7 Å². The lowest BCUT2D eigenvalue weighted by atomic mass is 10.0. The molecule has 0 bridgehead atoms. The van der Waals surface area contributed by atoms with E-state index in [1.165, 1.54) is 20.1 Å². The molecule has 0 fully saturated rings. The summed E-state index contributed by atoms with van der Waals surface area (Å²) in [5, 5.41) is 16.1. The number of anilines is 1. The van der Waals surface area contributed by atoms with Gasteiger partial charge in [0.2, 0.25) is 5.91 Å². The Labute approximate surface area is 143 Å². The van der Waals surface area contributed by atoms with Gasteiger partial charge in [-0.3, -0.25) is 4.79 Å². The van der Waals surface area contributed by atoms with Crippen LogP contribution in [0.2, 0.25) is 0 Å². The maximum atomic E-state index is 11.7. The van der Waals surface area contributed by atoms with Crippen molar-refractivity contribution in [3.63, 3.8) is 0 Å². The molecule has 1 unspecified atom stereocenters. The molecule has 0 aliphatic rings. The molecule has 0 spiro atoms. The van der Waals surface area contributed by atoms with E-state index < -0.39 is 12.1 Å². The van der Waals surface area contributed by atoms with Crippen LogP contribution in [0, 0.1) is 0 Å². The molecule has 7 heteroatoms. The van der Waals surface area contributed by atoms with Crippen molar-refractivity contribution in [3.8, 4) is 0 Å². The monoisotopic (exact) mass is 344 g/mol. The van der Waals surface area contributed by atoms with Crippen molar-refractivity contribution in [2.24, 2.45) is 0 Å². The van der Waals surface area contributed by atoms with E-state index in [9.17, 15) is 14.7 Å².